The average molecular weight is 357 g/mol. The smallest absolute Gasteiger partial charge is 0.160 e. The number of nitrogens with zero attached hydrogens (tertiary/aromatic N) is 3. The lowest BCUT2D eigenvalue weighted by atomic mass is 10.4. The van der Waals surface area contributed by atoms with E-state index >= 15 is 0 Å². The summed E-state index contributed by atoms with van der Waals surface area (Å²) in [5.74, 6) is 1.24. The number of hydrogen-bond donors (Lipinski definition) is 0. The van der Waals surface area contributed by atoms with Crippen LogP contribution in [-0.2, 0) is 12.4 Å². The Morgan fingerprint density at radius 2 is 2.26 bits per heavy atom. The minimum absolute atomic E-state index is 0.387. The molecule has 0 radical (unpaired) electrons. The van der Waals surface area contributed by atoms with E-state index in [2.05, 4.69) is 49.5 Å². The van der Waals surface area contributed by atoms with Crippen LogP contribution in [0.25, 0.3) is 11.2 Å². The molecule has 0 saturated heterocycles. The molecule has 6 heteroatoms. The molecular formula is C13H11BrClN3S. The van der Waals surface area contributed by atoms with E-state index in [4.69, 9.17) is 11.6 Å². The summed E-state index contributed by atoms with van der Waals surface area (Å²) in [5, 5.41) is 0. The molecule has 3 aromatic heterocycles. The van der Waals surface area contributed by atoms with Crippen molar-refractivity contribution in [2.24, 2.45) is 0 Å². The molecule has 0 aliphatic carbocycles. The highest BCUT2D eigenvalue weighted by molar-refractivity contribution is 9.10. The summed E-state index contributed by atoms with van der Waals surface area (Å²) in [6.07, 6.45) is 1.79. The fourth-order valence-corrected chi connectivity index (χ4v) is 3.43. The molecule has 0 spiro atoms. The molecule has 0 bridgehead atoms. The van der Waals surface area contributed by atoms with Crippen molar-refractivity contribution < 1.29 is 0 Å². The van der Waals surface area contributed by atoms with Gasteiger partial charge in [-0.15, -0.1) is 22.9 Å². The van der Waals surface area contributed by atoms with Gasteiger partial charge in [-0.05, 0) is 41.1 Å². The Labute approximate surface area is 128 Å². The Morgan fingerprint density at radius 1 is 1.42 bits per heavy atom. The zero-order chi connectivity index (χ0) is 13.4. The zero-order valence-corrected chi connectivity index (χ0v) is 13.4. The van der Waals surface area contributed by atoms with Crippen LogP contribution in [0.1, 0.15) is 15.6 Å². The maximum Gasteiger partial charge on any atom is 0.160 e. The number of imidazole rings is 1. The van der Waals surface area contributed by atoms with Gasteiger partial charge in [0.25, 0.3) is 0 Å². The Hall–Kier alpha value is -0.910. The van der Waals surface area contributed by atoms with E-state index in [-0.39, 0.29) is 0 Å². The molecule has 0 amide bonds. The standard InChI is InChI=1S/C13H11BrClN3S/c1-8-2-3-10(19-8)7-18-12(5-15)17-11-4-9(14)6-16-13(11)18/h2-4,6H,5,7H2,1H3. The quantitative estimate of drug-likeness (QED) is 0.653. The predicted molar refractivity (Wildman–Crippen MR) is 82.9 cm³/mol. The summed E-state index contributed by atoms with van der Waals surface area (Å²) in [4.78, 5) is 11.6. The van der Waals surface area contributed by atoms with Crippen molar-refractivity contribution in [1.29, 1.82) is 0 Å². The molecule has 3 rings (SSSR count). The molecule has 98 valence electrons. The molecule has 0 aliphatic heterocycles. The largest absolute Gasteiger partial charge is 0.306 e. The summed E-state index contributed by atoms with van der Waals surface area (Å²) in [6, 6.07) is 6.24. The van der Waals surface area contributed by atoms with Gasteiger partial charge < -0.3 is 4.57 Å². The minimum atomic E-state index is 0.387. The van der Waals surface area contributed by atoms with E-state index in [9.17, 15) is 0 Å². The molecule has 3 heterocycles. The van der Waals surface area contributed by atoms with Crippen LogP contribution in [0.3, 0.4) is 0 Å². The van der Waals surface area contributed by atoms with E-state index in [0.717, 1.165) is 28.0 Å². The van der Waals surface area contributed by atoms with E-state index in [1.807, 2.05) is 6.07 Å². The van der Waals surface area contributed by atoms with Gasteiger partial charge >= 0.3 is 0 Å². The molecule has 3 aromatic rings. The fraction of sp³-hybridized carbons (Fsp3) is 0.231. The first kappa shape index (κ1) is 13.1. The van der Waals surface area contributed by atoms with E-state index < -0.39 is 0 Å². The molecule has 0 aliphatic rings. The van der Waals surface area contributed by atoms with Crippen LogP contribution in [0, 0.1) is 6.92 Å². The predicted octanol–water partition coefficient (Wildman–Crippen LogP) is 4.35. The summed E-state index contributed by atoms with van der Waals surface area (Å²) >= 11 is 11.2. The van der Waals surface area contributed by atoms with E-state index in [1.54, 1.807) is 17.5 Å². The lowest BCUT2D eigenvalue weighted by Gasteiger charge is -2.05. The zero-order valence-electron chi connectivity index (χ0n) is 10.2. The molecule has 0 fully saturated rings. The van der Waals surface area contributed by atoms with Crippen LogP contribution in [0.5, 0.6) is 0 Å². The van der Waals surface area contributed by atoms with Gasteiger partial charge in [0, 0.05) is 20.4 Å². The third kappa shape index (κ3) is 2.55. The van der Waals surface area contributed by atoms with Crippen LogP contribution >= 0.6 is 38.9 Å². The topological polar surface area (TPSA) is 30.7 Å². The summed E-state index contributed by atoms with van der Waals surface area (Å²) in [5.41, 5.74) is 1.75. The normalized spacial score (nSPS) is 11.3. The van der Waals surface area contributed by atoms with Crippen molar-refractivity contribution >= 4 is 50.0 Å². The summed E-state index contributed by atoms with van der Waals surface area (Å²) in [6.45, 7) is 2.88. The summed E-state index contributed by atoms with van der Waals surface area (Å²) in [7, 11) is 0. The Bertz CT molecular complexity index is 735. The molecule has 0 saturated carbocycles. The van der Waals surface area contributed by atoms with Crippen LogP contribution in [0.4, 0.5) is 0 Å². The number of hydrogen-bond acceptors (Lipinski definition) is 3. The first-order valence-corrected chi connectivity index (χ1v) is 7.93. The van der Waals surface area contributed by atoms with Crippen molar-refractivity contribution in [3.63, 3.8) is 0 Å². The highest BCUT2D eigenvalue weighted by atomic mass is 79.9. The highest BCUT2D eigenvalue weighted by Gasteiger charge is 2.12. The van der Waals surface area contributed by atoms with E-state index in [0.29, 0.717) is 5.88 Å². The van der Waals surface area contributed by atoms with Gasteiger partial charge in [0.1, 0.15) is 11.3 Å². The number of aromatic nitrogens is 3. The van der Waals surface area contributed by atoms with Gasteiger partial charge in [-0.1, -0.05) is 0 Å². The second-order valence-electron chi connectivity index (χ2n) is 4.26. The van der Waals surface area contributed by atoms with Gasteiger partial charge in [0.2, 0.25) is 0 Å². The van der Waals surface area contributed by atoms with Crippen LogP contribution < -0.4 is 0 Å². The van der Waals surface area contributed by atoms with Crippen LogP contribution in [-0.4, -0.2) is 14.5 Å². The first-order chi connectivity index (χ1) is 9.17. The van der Waals surface area contributed by atoms with Gasteiger partial charge in [-0.3, -0.25) is 0 Å². The fourth-order valence-electron chi connectivity index (χ4n) is 2.03. The molecule has 0 atom stereocenters. The van der Waals surface area contributed by atoms with Crippen LogP contribution in [0.15, 0.2) is 28.9 Å². The number of fused-ring (bicyclic) bond motifs is 1. The van der Waals surface area contributed by atoms with Gasteiger partial charge in [0.05, 0.1) is 12.4 Å². The minimum Gasteiger partial charge on any atom is -0.306 e. The number of halogens is 2. The molecule has 0 aromatic carbocycles. The molecule has 19 heavy (non-hydrogen) atoms. The Balaban J connectivity index is 2.10. The lowest BCUT2D eigenvalue weighted by Crippen LogP contribution is -2.03. The van der Waals surface area contributed by atoms with Crippen molar-refractivity contribution in [1.82, 2.24) is 14.5 Å². The second-order valence-corrected chi connectivity index (χ2v) is 6.81. The van der Waals surface area contributed by atoms with Crippen molar-refractivity contribution in [2.75, 3.05) is 0 Å². The van der Waals surface area contributed by atoms with Crippen molar-refractivity contribution in [3.05, 3.63) is 44.4 Å². The maximum atomic E-state index is 6.00. The molecule has 3 nitrogen and oxygen atoms in total. The number of alkyl halides is 1. The molecule has 0 N–H and O–H groups in total. The van der Waals surface area contributed by atoms with Crippen LogP contribution in [0.2, 0.25) is 0 Å². The highest BCUT2D eigenvalue weighted by Crippen LogP contribution is 2.23. The Morgan fingerprint density at radius 3 is 2.95 bits per heavy atom. The number of rotatable bonds is 3. The molecular weight excluding hydrogens is 346 g/mol. The molecule has 0 unspecified atom stereocenters. The second kappa shape index (κ2) is 5.23. The Kier molecular flexibility index (Phi) is 3.60. The third-order valence-electron chi connectivity index (χ3n) is 2.86. The van der Waals surface area contributed by atoms with Gasteiger partial charge in [0.15, 0.2) is 5.65 Å². The number of thiophene rings is 1. The third-order valence-corrected chi connectivity index (χ3v) is 4.52. The van der Waals surface area contributed by atoms with Crippen molar-refractivity contribution in [3.8, 4) is 0 Å². The van der Waals surface area contributed by atoms with Gasteiger partial charge in [-0.25, -0.2) is 9.97 Å². The lowest BCUT2D eigenvalue weighted by molar-refractivity contribution is 0.780. The number of pyridine rings is 1. The first-order valence-electron chi connectivity index (χ1n) is 5.79. The SMILES string of the molecule is Cc1ccc(Cn2c(CCl)nc3cc(Br)cnc32)s1. The van der Waals surface area contributed by atoms with Gasteiger partial charge in [-0.2, -0.15) is 0 Å². The average Bonchev–Trinajstić information content (AvgIpc) is 2.94. The summed E-state index contributed by atoms with van der Waals surface area (Å²) < 4.78 is 3.01. The number of aryl methyl sites for hydroxylation is 1. The monoisotopic (exact) mass is 355 g/mol. The van der Waals surface area contributed by atoms with Crippen molar-refractivity contribution in [2.45, 2.75) is 19.3 Å². The maximum absolute atomic E-state index is 6.00. The van der Waals surface area contributed by atoms with E-state index in [1.165, 1.54) is 9.75 Å².